The molecule has 1 unspecified atom stereocenters. The summed E-state index contributed by atoms with van der Waals surface area (Å²) in [6.07, 6.45) is 5.86. The zero-order valence-electron chi connectivity index (χ0n) is 12.3. The van der Waals surface area contributed by atoms with E-state index in [1.54, 1.807) is 7.11 Å². The molecular formula is C15H27N3O. The van der Waals surface area contributed by atoms with Gasteiger partial charge in [-0.3, -0.25) is 5.32 Å². The van der Waals surface area contributed by atoms with E-state index in [1.165, 1.54) is 25.7 Å². The largest absolute Gasteiger partial charge is 0.384 e. The number of hydrogen-bond acceptors (Lipinski definition) is 4. The number of nitrogens with one attached hydrogen (secondary N) is 1. The summed E-state index contributed by atoms with van der Waals surface area (Å²) in [4.78, 5) is 2.50. The second-order valence-electron chi connectivity index (χ2n) is 6.35. The van der Waals surface area contributed by atoms with E-state index in [0.29, 0.717) is 6.04 Å². The van der Waals surface area contributed by atoms with Crippen molar-refractivity contribution in [2.75, 3.05) is 33.4 Å². The Kier molecular flexibility index (Phi) is 5.20. The van der Waals surface area contributed by atoms with E-state index in [4.69, 9.17) is 4.74 Å². The highest BCUT2D eigenvalue weighted by atomic mass is 16.5. The van der Waals surface area contributed by atoms with Crippen molar-refractivity contribution < 1.29 is 4.74 Å². The van der Waals surface area contributed by atoms with Crippen molar-refractivity contribution in [1.82, 2.24) is 10.2 Å². The Bertz CT molecular complexity index is 316. The van der Waals surface area contributed by atoms with Crippen molar-refractivity contribution >= 4 is 0 Å². The molecular weight excluding hydrogens is 238 g/mol. The molecule has 0 radical (unpaired) electrons. The van der Waals surface area contributed by atoms with Crippen LogP contribution in [-0.4, -0.2) is 49.8 Å². The Hall–Kier alpha value is -0.630. The molecule has 2 fully saturated rings. The highest BCUT2D eigenvalue weighted by molar-refractivity contribution is 5.07. The average Bonchev–Trinajstić information content (AvgIpc) is 3.22. The number of hydrogen-bond donors (Lipinski definition) is 1. The van der Waals surface area contributed by atoms with E-state index >= 15 is 0 Å². The Labute approximate surface area is 117 Å². The molecule has 2 aliphatic rings. The molecule has 0 amide bonds. The molecule has 0 spiro atoms. The minimum atomic E-state index is -0.343. The number of piperidine rings is 1. The second kappa shape index (κ2) is 6.69. The lowest BCUT2D eigenvalue weighted by molar-refractivity contribution is 0.0966. The summed E-state index contributed by atoms with van der Waals surface area (Å²) < 4.78 is 5.23. The van der Waals surface area contributed by atoms with Crippen LogP contribution in [0, 0.1) is 17.2 Å². The lowest BCUT2D eigenvalue weighted by Crippen LogP contribution is -2.46. The Balaban J connectivity index is 1.68. The van der Waals surface area contributed by atoms with Crippen LogP contribution in [-0.2, 0) is 4.74 Å². The van der Waals surface area contributed by atoms with Gasteiger partial charge in [-0.05, 0) is 58.0 Å². The third kappa shape index (κ3) is 4.76. The zero-order valence-corrected chi connectivity index (χ0v) is 12.3. The number of ether oxygens (including phenoxy) is 1. The van der Waals surface area contributed by atoms with Crippen molar-refractivity contribution in [3.05, 3.63) is 0 Å². The predicted molar refractivity (Wildman–Crippen MR) is 75.8 cm³/mol. The van der Waals surface area contributed by atoms with Gasteiger partial charge < -0.3 is 9.64 Å². The molecule has 0 bridgehead atoms. The fourth-order valence-corrected chi connectivity index (χ4v) is 2.83. The van der Waals surface area contributed by atoms with E-state index in [1.807, 2.05) is 6.92 Å². The fraction of sp³-hybridized carbons (Fsp3) is 0.933. The van der Waals surface area contributed by atoms with Crippen LogP contribution in [0.15, 0.2) is 0 Å². The van der Waals surface area contributed by atoms with Gasteiger partial charge in [0.15, 0.2) is 0 Å². The Morgan fingerprint density at radius 3 is 2.53 bits per heavy atom. The topological polar surface area (TPSA) is 48.3 Å². The first-order valence-electron chi connectivity index (χ1n) is 7.55. The molecule has 1 aliphatic heterocycles. The molecule has 0 aromatic heterocycles. The van der Waals surface area contributed by atoms with E-state index in [-0.39, 0.29) is 5.54 Å². The minimum absolute atomic E-state index is 0.343. The third-order valence-electron chi connectivity index (χ3n) is 4.38. The molecule has 4 heteroatoms. The average molecular weight is 265 g/mol. The van der Waals surface area contributed by atoms with Crippen LogP contribution < -0.4 is 5.32 Å². The van der Waals surface area contributed by atoms with Gasteiger partial charge in [-0.25, -0.2) is 0 Å². The Morgan fingerprint density at radius 1 is 1.32 bits per heavy atom. The first-order valence-corrected chi connectivity index (χ1v) is 7.55. The van der Waals surface area contributed by atoms with Gasteiger partial charge in [0, 0.05) is 26.3 Å². The van der Waals surface area contributed by atoms with Gasteiger partial charge in [-0.2, -0.15) is 5.26 Å². The number of nitrogens with zero attached hydrogens (tertiary/aromatic N) is 2. The second-order valence-corrected chi connectivity index (χ2v) is 6.35. The molecule has 1 atom stereocenters. The zero-order chi connectivity index (χ0) is 13.7. The molecule has 1 saturated carbocycles. The third-order valence-corrected chi connectivity index (χ3v) is 4.38. The molecule has 0 aromatic carbocycles. The molecule has 1 saturated heterocycles. The van der Waals surface area contributed by atoms with Gasteiger partial charge in [-0.15, -0.1) is 0 Å². The lowest BCUT2D eigenvalue weighted by Gasteiger charge is -2.33. The van der Waals surface area contributed by atoms with Gasteiger partial charge >= 0.3 is 0 Å². The van der Waals surface area contributed by atoms with E-state index < -0.39 is 0 Å². The first-order chi connectivity index (χ1) is 9.15. The van der Waals surface area contributed by atoms with E-state index in [2.05, 4.69) is 16.3 Å². The summed E-state index contributed by atoms with van der Waals surface area (Å²) in [5, 5.41) is 12.8. The predicted octanol–water partition coefficient (Wildman–Crippen LogP) is 1.77. The standard InChI is InChI=1S/C15H27N3O/c1-15(12-16,17-14-3-4-14)7-10-18-8-5-13(6-9-18)11-19-2/h13-14,17H,3-11H2,1-2H3. The maximum atomic E-state index is 9.36. The molecule has 2 rings (SSSR count). The number of likely N-dealkylation sites (tertiary alicyclic amines) is 1. The number of methoxy groups -OCH3 is 1. The van der Waals surface area contributed by atoms with Crippen molar-refractivity contribution in [2.24, 2.45) is 5.92 Å². The quantitative estimate of drug-likeness (QED) is 0.762. The number of rotatable bonds is 7. The maximum absolute atomic E-state index is 9.36. The molecule has 1 heterocycles. The van der Waals surface area contributed by atoms with Crippen molar-refractivity contribution in [3.8, 4) is 6.07 Å². The summed E-state index contributed by atoms with van der Waals surface area (Å²) >= 11 is 0. The van der Waals surface area contributed by atoms with Crippen LogP contribution in [0.5, 0.6) is 0 Å². The SMILES string of the molecule is COCC1CCN(CCC(C)(C#N)NC2CC2)CC1. The van der Waals surface area contributed by atoms with Gasteiger partial charge in [0.2, 0.25) is 0 Å². The highest BCUT2D eigenvalue weighted by Crippen LogP contribution is 2.24. The summed E-state index contributed by atoms with van der Waals surface area (Å²) in [6, 6.07) is 3.06. The van der Waals surface area contributed by atoms with Crippen LogP contribution >= 0.6 is 0 Å². The van der Waals surface area contributed by atoms with Crippen LogP contribution in [0.2, 0.25) is 0 Å². The maximum Gasteiger partial charge on any atom is 0.105 e. The van der Waals surface area contributed by atoms with Gasteiger partial charge in [0.1, 0.15) is 5.54 Å². The molecule has 4 nitrogen and oxygen atoms in total. The number of nitriles is 1. The van der Waals surface area contributed by atoms with Gasteiger partial charge in [-0.1, -0.05) is 0 Å². The molecule has 1 aliphatic carbocycles. The summed E-state index contributed by atoms with van der Waals surface area (Å²) in [5.74, 6) is 0.730. The monoisotopic (exact) mass is 265 g/mol. The first kappa shape index (κ1) is 14.8. The molecule has 0 aromatic rings. The van der Waals surface area contributed by atoms with E-state index in [9.17, 15) is 5.26 Å². The van der Waals surface area contributed by atoms with Crippen LogP contribution in [0.25, 0.3) is 0 Å². The van der Waals surface area contributed by atoms with Gasteiger partial charge in [0.25, 0.3) is 0 Å². The Morgan fingerprint density at radius 2 is 2.00 bits per heavy atom. The highest BCUT2D eigenvalue weighted by Gasteiger charge is 2.32. The van der Waals surface area contributed by atoms with Crippen LogP contribution in [0.4, 0.5) is 0 Å². The van der Waals surface area contributed by atoms with Crippen LogP contribution in [0.3, 0.4) is 0 Å². The van der Waals surface area contributed by atoms with Crippen molar-refractivity contribution in [2.45, 2.75) is 50.6 Å². The molecule has 19 heavy (non-hydrogen) atoms. The lowest BCUT2D eigenvalue weighted by atomic mass is 9.95. The normalized spacial score (nSPS) is 24.9. The minimum Gasteiger partial charge on any atom is -0.384 e. The van der Waals surface area contributed by atoms with Crippen molar-refractivity contribution in [3.63, 3.8) is 0 Å². The van der Waals surface area contributed by atoms with Gasteiger partial charge in [0.05, 0.1) is 6.07 Å². The van der Waals surface area contributed by atoms with Crippen LogP contribution in [0.1, 0.15) is 39.0 Å². The summed E-state index contributed by atoms with van der Waals surface area (Å²) in [6.45, 7) is 6.28. The smallest absolute Gasteiger partial charge is 0.105 e. The fourth-order valence-electron chi connectivity index (χ4n) is 2.83. The molecule has 108 valence electrons. The van der Waals surface area contributed by atoms with E-state index in [0.717, 1.165) is 38.6 Å². The summed E-state index contributed by atoms with van der Waals surface area (Å²) in [7, 11) is 1.79. The molecule has 1 N–H and O–H groups in total. The van der Waals surface area contributed by atoms with Crippen molar-refractivity contribution in [1.29, 1.82) is 5.26 Å². The summed E-state index contributed by atoms with van der Waals surface area (Å²) in [5.41, 5.74) is -0.343.